The molecule has 4 aromatic rings. The second kappa shape index (κ2) is 14.5. The summed E-state index contributed by atoms with van der Waals surface area (Å²) < 4.78 is 51.9. The Morgan fingerprint density at radius 2 is 1.51 bits per heavy atom. The zero-order chi connectivity index (χ0) is 33.0. The van der Waals surface area contributed by atoms with Crippen molar-refractivity contribution >= 4 is 45.6 Å². The summed E-state index contributed by atoms with van der Waals surface area (Å²) in [5.41, 5.74) is 2.02. The predicted octanol–water partition coefficient (Wildman–Crippen LogP) is 7.16. The average molecular weight is 665 g/mol. The summed E-state index contributed by atoms with van der Waals surface area (Å²) in [5, 5.41) is 2.01. The van der Waals surface area contributed by atoms with Crippen LogP contribution >= 0.6 is 11.8 Å². The fourth-order valence-electron chi connectivity index (χ4n) is 6.18. The van der Waals surface area contributed by atoms with E-state index in [0.717, 1.165) is 71.1 Å². The molecule has 248 valence electrons. The van der Waals surface area contributed by atoms with Gasteiger partial charge in [-0.05, 0) is 55.4 Å². The highest BCUT2D eigenvalue weighted by Gasteiger charge is 2.33. The maximum Gasteiger partial charge on any atom is 0.416 e. The number of piperazine rings is 1. The van der Waals surface area contributed by atoms with Crippen molar-refractivity contribution in [2.75, 3.05) is 82.9 Å². The Balaban J connectivity index is 0.937. The minimum absolute atomic E-state index is 0.152. The van der Waals surface area contributed by atoms with Crippen LogP contribution in [0.3, 0.4) is 0 Å². The normalized spacial score (nSPS) is 15.3. The number of para-hydroxylation sites is 1. The summed E-state index contributed by atoms with van der Waals surface area (Å²) in [6, 6.07) is 23.8. The molecule has 7 nitrogen and oxygen atoms in total. The van der Waals surface area contributed by atoms with E-state index in [0.29, 0.717) is 31.1 Å². The summed E-state index contributed by atoms with van der Waals surface area (Å²) in [6.45, 7) is 5.77. The zero-order valence-electron chi connectivity index (χ0n) is 26.6. The number of rotatable bonds is 11. The third kappa shape index (κ3) is 7.80. The van der Waals surface area contributed by atoms with Crippen LogP contribution in [0.1, 0.15) is 12.0 Å². The summed E-state index contributed by atoms with van der Waals surface area (Å²) >= 11 is 1.51. The number of hydrogen-bond acceptors (Lipinski definition) is 8. The van der Waals surface area contributed by atoms with Gasteiger partial charge in [0.1, 0.15) is 12.4 Å². The quantitative estimate of drug-likeness (QED) is 0.157. The summed E-state index contributed by atoms with van der Waals surface area (Å²) in [7, 11) is 3.99. The smallest absolute Gasteiger partial charge is 0.416 e. The summed E-state index contributed by atoms with van der Waals surface area (Å²) in [4.78, 5) is 23.1. The lowest BCUT2D eigenvalue weighted by Crippen LogP contribution is -2.47. The van der Waals surface area contributed by atoms with Crippen LogP contribution in [0.4, 0.5) is 30.2 Å². The molecule has 0 saturated carbocycles. The van der Waals surface area contributed by atoms with Crippen LogP contribution in [-0.4, -0.2) is 88.9 Å². The topological polar surface area (TPSA) is 48.5 Å². The molecule has 0 bridgehead atoms. The van der Waals surface area contributed by atoms with E-state index in [1.165, 1.54) is 23.9 Å². The fraction of sp³-hybridized carbons (Fsp3) is 0.361. The largest absolute Gasteiger partial charge is 0.481 e. The lowest BCUT2D eigenvalue weighted by Gasteiger charge is -2.36. The molecule has 1 fully saturated rings. The lowest BCUT2D eigenvalue weighted by molar-refractivity contribution is -0.146. The van der Waals surface area contributed by atoms with Gasteiger partial charge in [0, 0.05) is 79.6 Å². The SMILES string of the molecule is CN(C)c1cccc2c(OCC(=O)OCCN3CCN(CCCN4c5ccccc5Sc5ccc(C(F)(F)F)cc54)CC3)cccc12. The van der Waals surface area contributed by atoms with Crippen molar-refractivity contribution in [3.63, 3.8) is 0 Å². The van der Waals surface area contributed by atoms with Crippen molar-refractivity contribution in [2.45, 2.75) is 22.4 Å². The average Bonchev–Trinajstić information content (AvgIpc) is 3.06. The minimum Gasteiger partial charge on any atom is -0.481 e. The number of alkyl halides is 3. The van der Waals surface area contributed by atoms with E-state index in [-0.39, 0.29) is 6.61 Å². The maximum atomic E-state index is 13.5. The molecule has 2 aliphatic rings. The molecule has 1 saturated heterocycles. The molecule has 2 heterocycles. The maximum absolute atomic E-state index is 13.5. The Hall–Kier alpha value is -3.93. The number of esters is 1. The Bertz CT molecular complexity index is 1710. The molecule has 4 aromatic carbocycles. The van der Waals surface area contributed by atoms with Gasteiger partial charge in [-0.15, -0.1) is 0 Å². The van der Waals surface area contributed by atoms with Crippen LogP contribution in [0.25, 0.3) is 10.8 Å². The first-order valence-electron chi connectivity index (χ1n) is 15.9. The van der Waals surface area contributed by atoms with Gasteiger partial charge in [-0.3, -0.25) is 4.90 Å². The second-order valence-electron chi connectivity index (χ2n) is 12.0. The molecule has 0 spiro atoms. The van der Waals surface area contributed by atoms with E-state index in [1.807, 2.05) is 84.6 Å². The molecule has 2 aliphatic heterocycles. The fourth-order valence-corrected chi connectivity index (χ4v) is 7.26. The van der Waals surface area contributed by atoms with Crippen LogP contribution in [0.5, 0.6) is 5.75 Å². The molecule has 11 heteroatoms. The number of anilines is 3. The molecule has 0 radical (unpaired) electrons. The first kappa shape index (κ1) is 33.0. The Labute approximate surface area is 277 Å². The minimum atomic E-state index is -4.39. The molecule has 0 N–H and O–H groups in total. The molecule has 0 aromatic heterocycles. The van der Waals surface area contributed by atoms with Crippen LogP contribution in [-0.2, 0) is 15.7 Å². The van der Waals surface area contributed by atoms with Crippen molar-refractivity contribution in [1.29, 1.82) is 0 Å². The van der Waals surface area contributed by atoms with Gasteiger partial charge >= 0.3 is 12.1 Å². The molecular formula is C36H39F3N4O3S. The highest BCUT2D eigenvalue weighted by Crippen LogP contribution is 2.49. The van der Waals surface area contributed by atoms with Crippen molar-refractivity contribution in [2.24, 2.45) is 0 Å². The molecule has 6 rings (SSSR count). The summed E-state index contributed by atoms with van der Waals surface area (Å²) in [6.07, 6.45) is -3.57. The van der Waals surface area contributed by atoms with Gasteiger partial charge in [0.15, 0.2) is 6.61 Å². The third-order valence-corrected chi connectivity index (χ3v) is 9.76. The number of benzene rings is 4. The van der Waals surface area contributed by atoms with Crippen LogP contribution in [0.2, 0.25) is 0 Å². The van der Waals surface area contributed by atoms with Crippen molar-refractivity contribution in [1.82, 2.24) is 9.80 Å². The van der Waals surface area contributed by atoms with Gasteiger partial charge in [0.25, 0.3) is 0 Å². The number of nitrogens with zero attached hydrogens (tertiary/aromatic N) is 4. The van der Waals surface area contributed by atoms with Crippen LogP contribution in [0.15, 0.2) is 88.7 Å². The first-order chi connectivity index (χ1) is 22.7. The van der Waals surface area contributed by atoms with Crippen molar-refractivity contribution < 1.29 is 27.4 Å². The number of hydrogen-bond donors (Lipinski definition) is 0. The predicted molar refractivity (Wildman–Crippen MR) is 181 cm³/mol. The van der Waals surface area contributed by atoms with Gasteiger partial charge in [-0.25, -0.2) is 4.79 Å². The van der Waals surface area contributed by atoms with Gasteiger partial charge in [-0.1, -0.05) is 48.2 Å². The Morgan fingerprint density at radius 3 is 2.28 bits per heavy atom. The van der Waals surface area contributed by atoms with E-state index in [9.17, 15) is 18.0 Å². The van der Waals surface area contributed by atoms with E-state index in [1.54, 1.807) is 6.07 Å². The molecule has 47 heavy (non-hydrogen) atoms. The zero-order valence-corrected chi connectivity index (χ0v) is 27.4. The van der Waals surface area contributed by atoms with E-state index >= 15 is 0 Å². The number of ether oxygens (including phenoxy) is 2. The lowest BCUT2D eigenvalue weighted by atomic mass is 10.1. The molecule has 0 unspecified atom stereocenters. The molecular weight excluding hydrogens is 625 g/mol. The van der Waals surface area contributed by atoms with E-state index in [2.05, 4.69) is 9.80 Å². The molecule has 0 amide bonds. The van der Waals surface area contributed by atoms with Gasteiger partial charge in [-0.2, -0.15) is 13.2 Å². The van der Waals surface area contributed by atoms with E-state index in [4.69, 9.17) is 9.47 Å². The first-order valence-corrected chi connectivity index (χ1v) is 16.7. The third-order valence-electron chi connectivity index (χ3n) is 8.63. The Morgan fingerprint density at radius 1 is 0.809 bits per heavy atom. The van der Waals surface area contributed by atoms with E-state index < -0.39 is 17.7 Å². The summed E-state index contributed by atoms with van der Waals surface area (Å²) in [5.74, 6) is 0.254. The van der Waals surface area contributed by atoms with Crippen LogP contribution in [0, 0.1) is 0 Å². The van der Waals surface area contributed by atoms with Crippen molar-refractivity contribution in [3.05, 3.63) is 84.4 Å². The van der Waals surface area contributed by atoms with Crippen LogP contribution < -0.4 is 14.5 Å². The second-order valence-corrected chi connectivity index (χ2v) is 13.1. The molecule has 0 aliphatic carbocycles. The number of fused-ring (bicyclic) bond motifs is 3. The van der Waals surface area contributed by atoms with Gasteiger partial charge in [0.05, 0.1) is 16.9 Å². The molecule has 0 atom stereocenters. The standard InChI is InChI=1S/C36H39F3N4O3S/c1-40(2)29-11-5-9-28-27(29)8-6-12-32(28)46-25-35(44)45-23-22-42-20-18-41(19-21-42)16-7-17-43-30-10-3-4-13-33(30)47-34-15-14-26(24-31(34)43)36(37,38)39/h3-6,8-15,24H,7,16-23,25H2,1-2H3. The van der Waals surface area contributed by atoms with Gasteiger partial charge < -0.3 is 24.2 Å². The van der Waals surface area contributed by atoms with Crippen molar-refractivity contribution in [3.8, 4) is 5.75 Å². The number of carbonyl (C=O) groups excluding carboxylic acids is 1. The monoisotopic (exact) mass is 664 g/mol. The highest BCUT2D eigenvalue weighted by atomic mass is 32.2. The number of halogens is 3. The number of carbonyl (C=O) groups is 1. The van der Waals surface area contributed by atoms with Gasteiger partial charge in [0.2, 0.25) is 0 Å². The highest BCUT2D eigenvalue weighted by molar-refractivity contribution is 7.99. The Kier molecular flexibility index (Phi) is 10.1.